The molecule has 3 aromatic rings. The molecule has 8 heteroatoms. The molecule has 0 aliphatic heterocycles. The van der Waals surface area contributed by atoms with Crippen LogP contribution in [0.1, 0.15) is 11.4 Å². The van der Waals surface area contributed by atoms with Gasteiger partial charge in [-0.15, -0.1) is 0 Å². The summed E-state index contributed by atoms with van der Waals surface area (Å²) < 4.78 is 5.18. The van der Waals surface area contributed by atoms with Crippen LogP contribution in [-0.4, -0.2) is 34.5 Å². The second-order valence-corrected chi connectivity index (χ2v) is 5.79. The summed E-state index contributed by atoms with van der Waals surface area (Å²) in [6.45, 7) is 0.431. The summed E-state index contributed by atoms with van der Waals surface area (Å²) in [5.74, 6) is 1.28. The molecule has 0 spiro atoms. The van der Waals surface area contributed by atoms with Crippen molar-refractivity contribution in [1.29, 1.82) is 0 Å². The lowest BCUT2D eigenvalue weighted by Crippen LogP contribution is -2.23. The van der Waals surface area contributed by atoms with Crippen molar-refractivity contribution >= 4 is 28.7 Å². The molecular weight excluding hydrogens is 348 g/mol. The van der Waals surface area contributed by atoms with Gasteiger partial charge < -0.3 is 15.0 Å². The van der Waals surface area contributed by atoms with E-state index < -0.39 is 4.92 Å². The number of nitrogens with zero attached hydrogens (tertiary/aromatic N) is 2. The number of aromatic nitrogens is 2. The van der Waals surface area contributed by atoms with E-state index in [1.807, 2.05) is 18.2 Å². The van der Waals surface area contributed by atoms with Crippen molar-refractivity contribution < 1.29 is 14.5 Å². The van der Waals surface area contributed by atoms with E-state index in [-0.39, 0.29) is 11.6 Å². The van der Waals surface area contributed by atoms with Gasteiger partial charge in [-0.25, -0.2) is 4.98 Å². The third kappa shape index (κ3) is 4.69. The van der Waals surface area contributed by atoms with E-state index in [1.165, 1.54) is 18.2 Å². The standard InChI is InChI=1S/C19H18N4O4/c1-27-15-7-8-16-17(12-15)22-18(21-16)10-11-20-19(24)9-4-13-2-5-14(6-3-13)23(25)26/h2-9,12H,10-11H2,1H3,(H,20,24)(H,21,22)/b9-4+. The zero-order valence-corrected chi connectivity index (χ0v) is 14.6. The molecule has 0 saturated carbocycles. The molecule has 0 aliphatic rings. The molecule has 0 aliphatic carbocycles. The molecule has 138 valence electrons. The number of amides is 1. The highest BCUT2D eigenvalue weighted by molar-refractivity contribution is 5.91. The summed E-state index contributed by atoms with van der Waals surface area (Å²) >= 11 is 0. The molecule has 3 rings (SSSR count). The monoisotopic (exact) mass is 366 g/mol. The fourth-order valence-electron chi connectivity index (χ4n) is 2.53. The Morgan fingerprint density at radius 2 is 2.07 bits per heavy atom. The fraction of sp³-hybridized carbons (Fsp3) is 0.158. The van der Waals surface area contributed by atoms with Crippen LogP contribution < -0.4 is 10.1 Å². The van der Waals surface area contributed by atoms with Crippen LogP contribution in [0.5, 0.6) is 5.75 Å². The van der Waals surface area contributed by atoms with Gasteiger partial charge in [0.1, 0.15) is 11.6 Å². The highest BCUT2D eigenvalue weighted by atomic mass is 16.6. The first-order valence-electron chi connectivity index (χ1n) is 8.28. The van der Waals surface area contributed by atoms with Gasteiger partial charge >= 0.3 is 0 Å². The molecule has 2 aromatic carbocycles. The van der Waals surface area contributed by atoms with Gasteiger partial charge in [-0.2, -0.15) is 0 Å². The van der Waals surface area contributed by atoms with Crippen LogP contribution in [0.15, 0.2) is 48.5 Å². The van der Waals surface area contributed by atoms with Crippen molar-refractivity contribution in [2.45, 2.75) is 6.42 Å². The zero-order valence-electron chi connectivity index (χ0n) is 14.6. The van der Waals surface area contributed by atoms with Gasteiger partial charge in [-0.1, -0.05) is 0 Å². The topological polar surface area (TPSA) is 110 Å². The number of nitro groups is 1. The van der Waals surface area contributed by atoms with Crippen LogP contribution in [0.4, 0.5) is 5.69 Å². The lowest BCUT2D eigenvalue weighted by atomic mass is 10.2. The van der Waals surface area contributed by atoms with E-state index in [9.17, 15) is 14.9 Å². The Kier molecular flexibility index (Phi) is 5.46. The van der Waals surface area contributed by atoms with E-state index in [1.54, 1.807) is 25.3 Å². The van der Waals surface area contributed by atoms with Crippen molar-refractivity contribution in [3.8, 4) is 5.75 Å². The average Bonchev–Trinajstić information content (AvgIpc) is 3.08. The molecule has 27 heavy (non-hydrogen) atoms. The number of methoxy groups -OCH3 is 1. The summed E-state index contributed by atoms with van der Waals surface area (Å²) in [4.78, 5) is 29.7. The number of benzene rings is 2. The van der Waals surface area contributed by atoms with Gasteiger partial charge in [0.2, 0.25) is 5.91 Å². The first-order valence-corrected chi connectivity index (χ1v) is 8.28. The van der Waals surface area contributed by atoms with Gasteiger partial charge in [-0.3, -0.25) is 14.9 Å². The largest absolute Gasteiger partial charge is 0.497 e. The van der Waals surface area contributed by atoms with Crippen LogP contribution in [-0.2, 0) is 11.2 Å². The van der Waals surface area contributed by atoms with Gasteiger partial charge in [0.25, 0.3) is 5.69 Å². The minimum Gasteiger partial charge on any atom is -0.497 e. The Hall–Kier alpha value is -3.68. The maximum atomic E-state index is 11.9. The fourth-order valence-corrected chi connectivity index (χ4v) is 2.53. The van der Waals surface area contributed by atoms with Crippen LogP contribution in [0, 0.1) is 10.1 Å². The molecular formula is C19H18N4O4. The third-order valence-electron chi connectivity index (χ3n) is 3.93. The maximum absolute atomic E-state index is 11.9. The number of carbonyl (C=O) groups is 1. The zero-order chi connectivity index (χ0) is 19.2. The van der Waals surface area contributed by atoms with Crippen molar-refractivity contribution in [3.63, 3.8) is 0 Å². The normalized spacial score (nSPS) is 11.0. The Balaban J connectivity index is 1.51. The smallest absolute Gasteiger partial charge is 0.269 e. The van der Waals surface area contributed by atoms with Gasteiger partial charge in [0, 0.05) is 37.2 Å². The summed E-state index contributed by atoms with van der Waals surface area (Å²) in [5, 5.41) is 13.4. The Bertz CT molecular complexity index is 993. The predicted octanol–water partition coefficient (Wildman–Crippen LogP) is 2.85. The molecule has 0 atom stereocenters. The molecule has 1 aromatic heterocycles. The number of nitro benzene ring substituents is 1. The highest BCUT2D eigenvalue weighted by Gasteiger charge is 2.05. The molecule has 2 N–H and O–H groups in total. The first kappa shape index (κ1) is 18.1. The van der Waals surface area contributed by atoms with Crippen molar-refractivity contribution in [2.24, 2.45) is 0 Å². The van der Waals surface area contributed by atoms with Crippen molar-refractivity contribution in [1.82, 2.24) is 15.3 Å². The molecule has 0 fully saturated rings. The molecule has 1 amide bonds. The second-order valence-electron chi connectivity index (χ2n) is 5.79. The molecule has 0 unspecified atom stereocenters. The second kappa shape index (κ2) is 8.13. The summed E-state index contributed by atoms with van der Waals surface area (Å²) in [5.41, 5.74) is 2.45. The van der Waals surface area contributed by atoms with Gasteiger partial charge in [0.05, 0.1) is 23.1 Å². The third-order valence-corrected chi connectivity index (χ3v) is 3.93. The van der Waals surface area contributed by atoms with Crippen molar-refractivity contribution in [2.75, 3.05) is 13.7 Å². The molecule has 0 saturated heterocycles. The number of ether oxygens (including phenoxy) is 1. The van der Waals surface area contributed by atoms with Crippen LogP contribution in [0.3, 0.4) is 0 Å². The lowest BCUT2D eigenvalue weighted by Gasteiger charge is -2.00. The molecule has 0 radical (unpaired) electrons. The summed E-state index contributed by atoms with van der Waals surface area (Å²) in [7, 11) is 1.61. The van der Waals surface area contributed by atoms with Crippen LogP contribution in [0.25, 0.3) is 17.1 Å². The Morgan fingerprint density at radius 3 is 2.78 bits per heavy atom. The predicted molar refractivity (Wildman–Crippen MR) is 101 cm³/mol. The Labute approximate surface area is 155 Å². The highest BCUT2D eigenvalue weighted by Crippen LogP contribution is 2.18. The number of fused-ring (bicyclic) bond motifs is 1. The number of non-ortho nitro benzene ring substituents is 1. The number of nitrogens with one attached hydrogen (secondary N) is 2. The minimum absolute atomic E-state index is 0.0139. The molecule has 8 nitrogen and oxygen atoms in total. The SMILES string of the molecule is COc1ccc2nc(CCNC(=O)/C=C/c3ccc([N+](=O)[O-])cc3)[nH]c2c1. The maximum Gasteiger partial charge on any atom is 0.269 e. The average molecular weight is 366 g/mol. The summed E-state index contributed by atoms with van der Waals surface area (Å²) in [6.07, 6.45) is 3.56. The van der Waals surface area contributed by atoms with E-state index in [4.69, 9.17) is 4.74 Å². The van der Waals surface area contributed by atoms with E-state index in [0.717, 1.165) is 22.6 Å². The number of H-pyrrole nitrogens is 1. The quantitative estimate of drug-likeness (QED) is 0.379. The minimum atomic E-state index is -0.464. The summed E-state index contributed by atoms with van der Waals surface area (Å²) in [6, 6.07) is 11.6. The number of hydrogen-bond donors (Lipinski definition) is 2. The molecule has 1 heterocycles. The Morgan fingerprint density at radius 1 is 1.30 bits per heavy atom. The number of hydrogen-bond acceptors (Lipinski definition) is 5. The number of aromatic amines is 1. The van der Waals surface area contributed by atoms with Gasteiger partial charge in [-0.05, 0) is 35.9 Å². The van der Waals surface area contributed by atoms with Gasteiger partial charge in [0.15, 0.2) is 0 Å². The van der Waals surface area contributed by atoms with E-state index >= 15 is 0 Å². The van der Waals surface area contributed by atoms with Crippen molar-refractivity contribution in [3.05, 3.63) is 70.0 Å². The van der Waals surface area contributed by atoms with Crippen LogP contribution >= 0.6 is 0 Å². The number of carbonyl (C=O) groups excluding carboxylic acids is 1. The number of imidazole rings is 1. The van der Waals surface area contributed by atoms with E-state index in [2.05, 4.69) is 15.3 Å². The van der Waals surface area contributed by atoms with Crippen LogP contribution in [0.2, 0.25) is 0 Å². The lowest BCUT2D eigenvalue weighted by molar-refractivity contribution is -0.384. The number of rotatable bonds is 7. The van der Waals surface area contributed by atoms with E-state index in [0.29, 0.717) is 18.5 Å². The molecule has 0 bridgehead atoms. The first-order chi connectivity index (χ1) is 13.0.